The largest absolute Gasteiger partial charge is 0.334 e. The van der Waals surface area contributed by atoms with Crippen molar-refractivity contribution in [3.63, 3.8) is 0 Å². The maximum atomic E-state index is 12.0. The summed E-state index contributed by atoms with van der Waals surface area (Å²) in [5.74, 6) is 0. The number of hydrogen-bond donors (Lipinski definition) is 2. The first-order valence-corrected chi connectivity index (χ1v) is 7.30. The Hall–Kier alpha value is -3.02. The summed E-state index contributed by atoms with van der Waals surface area (Å²) in [4.78, 5) is 24.9. The Morgan fingerprint density at radius 3 is 2.61 bits per heavy atom. The molecule has 0 fully saturated rings. The molecule has 0 aliphatic rings. The third-order valence-corrected chi connectivity index (χ3v) is 3.51. The highest BCUT2D eigenvalue weighted by molar-refractivity contribution is 5.91. The number of rotatable bonds is 3. The molecule has 0 bridgehead atoms. The number of carbonyl (C=O) groups excluding carboxylic acids is 1. The number of carbonyl (C=O) groups is 1. The number of urea groups is 1. The van der Waals surface area contributed by atoms with Crippen LogP contribution in [0, 0.1) is 13.8 Å². The third-order valence-electron chi connectivity index (χ3n) is 3.51. The van der Waals surface area contributed by atoms with Crippen molar-refractivity contribution in [1.82, 2.24) is 20.3 Å². The second-order valence-corrected chi connectivity index (χ2v) is 5.27. The van der Waals surface area contributed by atoms with Crippen LogP contribution < -0.4 is 10.6 Å². The molecule has 2 heterocycles. The molecule has 0 radical (unpaired) electrons. The van der Waals surface area contributed by atoms with Crippen LogP contribution in [0.1, 0.15) is 17.0 Å². The summed E-state index contributed by atoms with van der Waals surface area (Å²) in [5.41, 5.74) is 4.99. The van der Waals surface area contributed by atoms with E-state index in [2.05, 4.69) is 25.6 Å². The van der Waals surface area contributed by atoms with Crippen molar-refractivity contribution in [1.29, 1.82) is 0 Å². The summed E-state index contributed by atoms with van der Waals surface area (Å²) >= 11 is 0. The smallest absolute Gasteiger partial charge is 0.319 e. The molecule has 6 heteroatoms. The monoisotopic (exact) mass is 307 g/mol. The molecule has 6 nitrogen and oxygen atoms in total. The molecule has 3 aromatic rings. The number of benzene rings is 1. The van der Waals surface area contributed by atoms with E-state index in [1.807, 2.05) is 44.2 Å². The first-order chi connectivity index (χ1) is 11.1. The molecule has 3 rings (SSSR count). The lowest BCUT2D eigenvalue weighted by atomic mass is 10.2. The SMILES string of the molecule is Cc1nc2ccc(NC(=O)NCc3cccnc3)cc2nc1C. The number of amides is 2. The van der Waals surface area contributed by atoms with Crippen molar-refractivity contribution >= 4 is 22.8 Å². The van der Waals surface area contributed by atoms with Gasteiger partial charge in [0.25, 0.3) is 0 Å². The Morgan fingerprint density at radius 1 is 1.09 bits per heavy atom. The van der Waals surface area contributed by atoms with Crippen LogP contribution in [-0.4, -0.2) is 21.0 Å². The molecule has 116 valence electrons. The minimum absolute atomic E-state index is 0.273. The van der Waals surface area contributed by atoms with Crippen LogP contribution in [0.25, 0.3) is 11.0 Å². The van der Waals surface area contributed by atoms with Crippen LogP contribution in [0.2, 0.25) is 0 Å². The predicted molar refractivity (Wildman–Crippen MR) is 89.1 cm³/mol. The van der Waals surface area contributed by atoms with Gasteiger partial charge in [0.1, 0.15) is 0 Å². The molecule has 0 atom stereocenters. The topological polar surface area (TPSA) is 79.8 Å². The summed E-state index contributed by atoms with van der Waals surface area (Å²) in [6.07, 6.45) is 3.42. The molecule has 0 spiro atoms. The molecule has 0 unspecified atom stereocenters. The van der Waals surface area contributed by atoms with Gasteiger partial charge in [0.05, 0.1) is 22.4 Å². The number of fused-ring (bicyclic) bond motifs is 1. The highest BCUT2D eigenvalue weighted by atomic mass is 16.2. The summed E-state index contributed by atoms with van der Waals surface area (Å²) in [7, 11) is 0. The minimum atomic E-state index is -0.273. The van der Waals surface area contributed by atoms with E-state index in [0.717, 1.165) is 28.0 Å². The van der Waals surface area contributed by atoms with Gasteiger partial charge in [-0.25, -0.2) is 14.8 Å². The van der Waals surface area contributed by atoms with Gasteiger partial charge in [0.15, 0.2) is 0 Å². The quantitative estimate of drug-likeness (QED) is 0.779. The summed E-state index contributed by atoms with van der Waals surface area (Å²) < 4.78 is 0. The van der Waals surface area contributed by atoms with Gasteiger partial charge in [0, 0.05) is 24.6 Å². The molecule has 2 aromatic heterocycles. The molecule has 0 aliphatic carbocycles. The molecule has 0 saturated heterocycles. The lowest BCUT2D eigenvalue weighted by Crippen LogP contribution is -2.28. The highest BCUT2D eigenvalue weighted by Crippen LogP contribution is 2.17. The van der Waals surface area contributed by atoms with Crippen LogP contribution in [0.15, 0.2) is 42.7 Å². The van der Waals surface area contributed by atoms with Crippen molar-refractivity contribution in [3.8, 4) is 0 Å². The van der Waals surface area contributed by atoms with E-state index in [9.17, 15) is 4.79 Å². The standard InChI is InChI=1S/C17H17N5O/c1-11-12(2)21-16-8-14(5-6-15(16)20-11)22-17(23)19-10-13-4-3-7-18-9-13/h3-9H,10H2,1-2H3,(H2,19,22,23). The van der Waals surface area contributed by atoms with Crippen LogP contribution in [0.3, 0.4) is 0 Å². The molecule has 0 aliphatic heterocycles. The number of hydrogen-bond acceptors (Lipinski definition) is 4. The first kappa shape index (κ1) is 14.9. The number of aryl methyl sites for hydroxylation is 2. The molecular formula is C17H17N5O. The third kappa shape index (κ3) is 3.60. The fourth-order valence-electron chi connectivity index (χ4n) is 2.17. The van der Waals surface area contributed by atoms with Gasteiger partial charge >= 0.3 is 6.03 Å². The van der Waals surface area contributed by atoms with E-state index < -0.39 is 0 Å². The predicted octanol–water partition coefficient (Wildman–Crippen LogP) is 2.96. The first-order valence-electron chi connectivity index (χ1n) is 7.30. The van der Waals surface area contributed by atoms with Crippen LogP contribution in [0.4, 0.5) is 10.5 Å². The summed E-state index contributed by atoms with van der Waals surface area (Å²) in [6, 6.07) is 8.95. The normalized spacial score (nSPS) is 10.5. The second kappa shape index (κ2) is 6.39. The van der Waals surface area contributed by atoms with Gasteiger partial charge in [-0.05, 0) is 43.7 Å². The maximum Gasteiger partial charge on any atom is 0.319 e. The zero-order valence-electron chi connectivity index (χ0n) is 13.0. The maximum absolute atomic E-state index is 12.0. The molecule has 1 aromatic carbocycles. The van der Waals surface area contributed by atoms with Crippen LogP contribution >= 0.6 is 0 Å². The van der Waals surface area contributed by atoms with E-state index in [1.165, 1.54) is 0 Å². The number of nitrogens with one attached hydrogen (secondary N) is 2. The zero-order chi connectivity index (χ0) is 16.2. The van der Waals surface area contributed by atoms with E-state index in [0.29, 0.717) is 12.2 Å². The zero-order valence-corrected chi connectivity index (χ0v) is 13.0. The number of pyridine rings is 1. The van der Waals surface area contributed by atoms with Crippen molar-refractivity contribution < 1.29 is 4.79 Å². The summed E-state index contributed by atoms with van der Waals surface area (Å²) in [5, 5.41) is 5.59. The van der Waals surface area contributed by atoms with Crippen molar-refractivity contribution in [2.75, 3.05) is 5.32 Å². The Kier molecular flexibility index (Phi) is 4.14. The van der Waals surface area contributed by atoms with Crippen molar-refractivity contribution in [3.05, 3.63) is 59.7 Å². The highest BCUT2D eigenvalue weighted by Gasteiger charge is 2.05. The van der Waals surface area contributed by atoms with Gasteiger partial charge in [0.2, 0.25) is 0 Å². The van der Waals surface area contributed by atoms with E-state index in [-0.39, 0.29) is 6.03 Å². The minimum Gasteiger partial charge on any atom is -0.334 e. The second-order valence-electron chi connectivity index (χ2n) is 5.27. The number of nitrogens with zero attached hydrogens (tertiary/aromatic N) is 3. The fraction of sp³-hybridized carbons (Fsp3) is 0.176. The van der Waals surface area contributed by atoms with E-state index in [4.69, 9.17) is 0 Å². The fourth-order valence-corrected chi connectivity index (χ4v) is 2.17. The average molecular weight is 307 g/mol. The molecule has 2 amide bonds. The number of aromatic nitrogens is 3. The lowest BCUT2D eigenvalue weighted by Gasteiger charge is -2.09. The Labute approximate surface area is 134 Å². The lowest BCUT2D eigenvalue weighted by molar-refractivity contribution is 0.251. The Bertz CT molecular complexity index is 848. The Balaban J connectivity index is 1.68. The van der Waals surface area contributed by atoms with Gasteiger partial charge < -0.3 is 10.6 Å². The molecule has 23 heavy (non-hydrogen) atoms. The van der Waals surface area contributed by atoms with Crippen LogP contribution in [-0.2, 0) is 6.54 Å². The molecular weight excluding hydrogens is 290 g/mol. The molecule has 2 N–H and O–H groups in total. The van der Waals surface area contributed by atoms with E-state index >= 15 is 0 Å². The van der Waals surface area contributed by atoms with Gasteiger partial charge in [-0.3, -0.25) is 4.98 Å². The van der Waals surface area contributed by atoms with E-state index in [1.54, 1.807) is 12.4 Å². The van der Waals surface area contributed by atoms with Gasteiger partial charge in [-0.2, -0.15) is 0 Å². The number of anilines is 1. The Morgan fingerprint density at radius 2 is 1.87 bits per heavy atom. The van der Waals surface area contributed by atoms with Crippen molar-refractivity contribution in [2.24, 2.45) is 0 Å². The van der Waals surface area contributed by atoms with Crippen molar-refractivity contribution in [2.45, 2.75) is 20.4 Å². The molecule has 0 saturated carbocycles. The summed E-state index contributed by atoms with van der Waals surface area (Å²) in [6.45, 7) is 4.27. The van der Waals surface area contributed by atoms with Crippen LogP contribution in [0.5, 0.6) is 0 Å². The van der Waals surface area contributed by atoms with Gasteiger partial charge in [-0.15, -0.1) is 0 Å². The van der Waals surface area contributed by atoms with Gasteiger partial charge in [-0.1, -0.05) is 6.07 Å². The average Bonchev–Trinajstić information content (AvgIpc) is 2.55.